The van der Waals surface area contributed by atoms with Crippen molar-refractivity contribution in [2.75, 3.05) is 31.1 Å². The van der Waals surface area contributed by atoms with Gasteiger partial charge in [-0.3, -0.25) is 4.79 Å². The van der Waals surface area contributed by atoms with Gasteiger partial charge in [0.05, 0.1) is 0 Å². The Hall–Kier alpha value is -1.62. The fraction of sp³-hybridized carbons (Fsp3) is 0.611. The molecule has 23 heavy (non-hydrogen) atoms. The number of anilines is 1. The number of hydrogen-bond donors (Lipinski definition) is 2. The van der Waals surface area contributed by atoms with Crippen molar-refractivity contribution in [2.45, 2.75) is 25.7 Å². The lowest BCUT2D eigenvalue weighted by molar-refractivity contribution is -0.126. The first-order chi connectivity index (χ1) is 11.2. The monoisotopic (exact) mass is 319 g/mol. The van der Waals surface area contributed by atoms with Crippen molar-refractivity contribution in [2.24, 2.45) is 23.5 Å². The minimum atomic E-state index is -0.206. The second kappa shape index (κ2) is 7.30. The van der Waals surface area contributed by atoms with Crippen molar-refractivity contribution in [1.29, 1.82) is 0 Å². The normalized spacial score (nSPS) is 27.4. The maximum Gasteiger partial charge on any atom is 0.223 e. The summed E-state index contributed by atoms with van der Waals surface area (Å²) in [6.45, 7) is 3.21. The molecule has 1 aromatic carbocycles. The van der Waals surface area contributed by atoms with Crippen molar-refractivity contribution in [3.05, 3.63) is 30.1 Å². The zero-order chi connectivity index (χ0) is 16.2. The lowest BCUT2D eigenvalue weighted by Gasteiger charge is -2.20. The van der Waals surface area contributed by atoms with Crippen LogP contribution in [0.3, 0.4) is 0 Å². The summed E-state index contributed by atoms with van der Waals surface area (Å²) in [5.74, 6) is 0.895. The molecule has 3 N–H and O–H groups in total. The van der Waals surface area contributed by atoms with Crippen molar-refractivity contribution < 1.29 is 9.18 Å². The molecule has 0 bridgehead atoms. The summed E-state index contributed by atoms with van der Waals surface area (Å²) >= 11 is 0. The molecule has 2 fully saturated rings. The van der Waals surface area contributed by atoms with Crippen LogP contribution in [0.2, 0.25) is 0 Å². The molecule has 1 saturated heterocycles. The molecule has 0 aromatic heterocycles. The van der Waals surface area contributed by atoms with Gasteiger partial charge in [-0.15, -0.1) is 0 Å². The number of hydrogen-bond acceptors (Lipinski definition) is 3. The minimum absolute atomic E-state index is 0.106. The van der Waals surface area contributed by atoms with Gasteiger partial charge in [-0.25, -0.2) is 4.39 Å². The van der Waals surface area contributed by atoms with E-state index in [2.05, 4.69) is 10.2 Å². The van der Waals surface area contributed by atoms with Crippen LogP contribution in [0, 0.1) is 23.6 Å². The van der Waals surface area contributed by atoms with Crippen molar-refractivity contribution in [3.8, 4) is 0 Å². The average molecular weight is 319 g/mol. The standard InChI is InChI=1S/C18H26FN3O/c19-15-4-6-16(7-5-15)22-9-8-13(12-22)11-21-18(23)17-3-1-2-14(17)10-20/h4-7,13-14,17H,1-3,8-12,20H2,(H,21,23)/t13?,14-,17-/m1/s1. The summed E-state index contributed by atoms with van der Waals surface area (Å²) in [6.07, 6.45) is 4.22. The number of carbonyl (C=O) groups excluding carboxylic acids is 1. The first kappa shape index (κ1) is 16.2. The Morgan fingerprint density at radius 1 is 1.26 bits per heavy atom. The van der Waals surface area contributed by atoms with Gasteiger partial charge in [0.25, 0.3) is 0 Å². The summed E-state index contributed by atoms with van der Waals surface area (Å²) in [5, 5.41) is 3.13. The van der Waals surface area contributed by atoms with Crippen molar-refractivity contribution in [3.63, 3.8) is 0 Å². The van der Waals surface area contributed by atoms with Gasteiger partial charge in [-0.05, 0) is 61.9 Å². The summed E-state index contributed by atoms with van der Waals surface area (Å²) in [6, 6.07) is 6.64. The summed E-state index contributed by atoms with van der Waals surface area (Å²) in [4.78, 5) is 14.6. The van der Waals surface area contributed by atoms with Crippen LogP contribution in [0.25, 0.3) is 0 Å². The summed E-state index contributed by atoms with van der Waals surface area (Å²) < 4.78 is 13.0. The highest BCUT2D eigenvalue weighted by Crippen LogP contribution is 2.31. The Bertz CT molecular complexity index is 534. The molecule has 1 unspecified atom stereocenters. The van der Waals surface area contributed by atoms with Crippen LogP contribution in [0.1, 0.15) is 25.7 Å². The summed E-state index contributed by atoms with van der Waals surface area (Å²) in [7, 11) is 0. The van der Waals surface area contributed by atoms with Crippen LogP contribution in [-0.4, -0.2) is 32.1 Å². The van der Waals surface area contributed by atoms with Crippen LogP contribution in [0.4, 0.5) is 10.1 Å². The van der Waals surface area contributed by atoms with Crippen LogP contribution in [0.15, 0.2) is 24.3 Å². The molecule has 1 heterocycles. The third kappa shape index (κ3) is 3.83. The Morgan fingerprint density at radius 3 is 2.78 bits per heavy atom. The molecule has 126 valence electrons. The van der Waals surface area contributed by atoms with Crippen LogP contribution >= 0.6 is 0 Å². The predicted octanol–water partition coefficient (Wildman–Crippen LogP) is 2.14. The molecule has 1 aliphatic carbocycles. The van der Waals surface area contributed by atoms with E-state index in [1.807, 2.05) is 12.1 Å². The zero-order valence-electron chi connectivity index (χ0n) is 13.5. The number of nitrogens with two attached hydrogens (primary N) is 1. The quantitative estimate of drug-likeness (QED) is 0.874. The first-order valence-electron chi connectivity index (χ1n) is 8.65. The van der Waals surface area contributed by atoms with Gasteiger partial charge >= 0.3 is 0 Å². The lowest BCUT2D eigenvalue weighted by atomic mass is 9.95. The highest BCUT2D eigenvalue weighted by atomic mass is 19.1. The highest BCUT2D eigenvalue weighted by Gasteiger charge is 2.32. The molecule has 2 aliphatic rings. The number of halogens is 1. The number of nitrogens with zero attached hydrogens (tertiary/aromatic N) is 1. The van der Waals surface area contributed by atoms with E-state index >= 15 is 0 Å². The van der Waals surface area contributed by atoms with Gasteiger partial charge < -0.3 is 16.0 Å². The second-order valence-corrected chi connectivity index (χ2v) is 6.86. The first-order valence-corrected chi connectivity index (χ1v) is 8.65. The molecule has 3 rings (SSSR count). The van der Waals surface area contributed by atoms with E-state index in [0.29, 0.717) is 18.4 Å². The van der Waals surface area contributed by atoms with Gasteiger partial charge in [-0.1, -0.05) is 6.42 Å². The maximum atomic E-state index is 13.0. The van der Waals surface area contributed by atoms with E-state index in [-0.39, 0.29) is 17.6 Å². The number of benzene rings is 1. The fourth-order valence-electron chi connectivity index (χ4n) is 3.93. The molecule has 1 amide bonds. The Labute approximate surface area is 137 Å². The van der Waals surface area contributed by atoms with E-state index < -0.39 is 0 Å². The number of nitrogens with one attached hydrogen (secondary N) is 1. The molecule has 0 radical (unpaired) electrons. The number of amides is 1. The maximum absolute atomic E-state index is 13.0. The van der Waals surface area contributed by atoms with Crippen LogP contribution in [0.5, 0.6) is 0 Å². The SMILES string of the molecule is NC[C@H]1CCC[C@H]1C(=O)NCC1CCN(c2ccc(F)cc2)C1. The zero-order valence-corrected chi connectivity index (χ0v) is 13.5. The van der Waals surface area contributed by atoms with Crippen molar-refractivity contribution in [1.82, 2.24) is 5.32 Å². The van der Waals surface area contributed by atoms with Crippen LogP contribution < -0.4 is 16.0 Å². The van der Waals surface area contributed by atoms with E-state index in [0.717, 1.165) is 51.0 Å². The largest absolute Gasteiger partial charge is 0.371 e. The average Bonchev–Trinajstić information content (AvgIpc) is 3.22. The molecular weight excluding hydrogens is 293 g/mol. The Morgan fingerprint density at radius 2 is 2.04 bits per heavy atom. The van der Waals surface area contributed by atoms with E-state index in [1.165, 1.54) is 12.1 Å². The number of rotatable bonds is 5. The molecule has 5 heteroatoms. The Kier molecular flexibility index (Phi) is 5.16. The Balaban J connectivity index is 1.46. The topological polar surface area (TPSA) is 58.4 Å². The third-order valence-electron chi connectivity index (χ3n) is 5.34. The fourth-order valence-corrected chi connectivity index (χ4v) is 3.93. The molecule has 1 aliphatic heterocycles. The van der Waals surface area contributed by atoms with Gasteiger partial charge in [0.2, 0.25) is 5.91 Å². The van der Waals surface area contributed by atoms with E-state index in [4.69, 9.17) is 5.73 Å². The third-order valence-corrected chi connectivity index (χ3v) is 5.34. The van der Waals surface area contributed by atoms with Gasteiger partial charge in [0, 0.05) is 31.2 Å². The van der Waals surface area contributed by atoms with Gasteiger partial charge in [0.15, 0.2) is 0 Å². The molecule has 0 spiro atoms. The molecule has 1 saturated carbocycles. The molecule has 3 atom stereocenters. The smallest absolute Gasteiger partial charge is 0.223 e. The van der Waals surface area contributed by atoms with Gasteiger partial charge in [0.1, 0.15) is 5.82 Å². The highest BCUT2D eigenvalue weighted by molar-refractivity contribution is 5.79. The number of carbonyl (C=O) groups is 1. The van der Waals surface area contributed by atoms with E-state index in [9.17, 15) is 9.18 Å². The van der Waals surface area contributed by atoms with Crippen LogP contribution in [-0.2, 0) is 4.79 Å². The van der Waals surface area contributed by atoms with Gasteiger partial charge in [-0.2, -0.15) is 0 Å². The molecule has 4 nitrogen and oxygen atoms in total. The predicted molar refractivity (Wildman–Crippen MR) is 89.6 cm³/mol. The van der Waals surface area contributed by atoms with E-state index in [1.54, 1.807) is 0 Å². The minimum Gasteiger partial charge on any atom is -0.371 e. The second-order valence-electron chi connectivity index (χ2n) is 6.86. The van der Waals surface area contributed by atoms with Crippen molar-refractivity contribution >= 4 is 11.6 Å². The molecular formula is C18H26FN3O. The lowest BCUT2D eigenvalue weighted by Crippen LogP contribution is -2.38. The molecule has 1 aromatic rings. The summed E-state index contributed by atoms with van der Waals surface area (Å²) in [5.41, 5.74) is 6.81.